The van der Waals surface area contributed by atoms with Gasteiger partial charge in [0, 0.05) is 20.7 Å². The molecule has 2 rings (SSSR count). The molecule has 0 radical (unpaired) electrons. The molecule has 1 N–H and O–H groups in total. The fraction of sp³-hybridized carbons (Fsp3) is 0.294. The predicted octanol–water partition coefficient (Wildman–Crippen LogP) is 4.90. The maximum Gasteiger partial charge on any atom is 0.118 e. The van der Waals surface area contributed by atoms with Crippen molar-refractivity contribution in [2.75, 3.05) is 14.2 Å². The largest absolute Gasteiger partial charge is 0.497 e. The molecule has 2 aromatic rings. The molecular formula is C17H20BrNOS. The van der Waals surface area contributed by atoms with Gasteiger partial charge in [0.1, 0.15) is 5.75 Å². The number of halogens is 1. The standard InChI is InChI=1S/C17H20BrNOS/c1-12(21-16-6-4-5-14(18)11-16)17(19-2)13-7-9-15(20-3)10-8-13/h4-12,17,19H,1-3H3. The summed E-state index contributed by atoms with van der Waals surface area (Å²) in [6.07, 6.45) is 0. The quantitative estimate of drug-likeness (QED) is 0.735. The minimum atomic E-state index is 0.292. The average molecular weight is 366 g/mol. The fourth-order valence-corrected chi connectivity index (χ4v) is 4.07. The van der Waals surface area contributed by atoms with Gasteiger partial charge in [-0.25, -0.2) is 0 Å². The number of hydrogen-bond acceptors (Lipinski definition) is 3. The highest BCUT2D eigenvalue weighted by Crippen LogP contribution is 2.33. The van der Waals surface area contributed by atoms with Crippen LogP contribution in [0.3, 0.4) is 0 Å². The number of ether oxygens (including phenoxy) is 1. The second-order valence-electron chi connectivity index (χ2n) is 4.82. The van der Waals surface area contributed by atoms with Crippen molar-refractivity contribution < 1.29 is 4.74 Å². The van der Waals surface area contributed by atoms with Gasteiger partial charge in [0.15, 0.2) is 0 Å². The lowest BCUT2D eigenvalue weighted by Crippen LogP contribution is -2.25. The lowest BCUT2D eigenvalue weighted by Gasteiger charge is -2.24. The van der Waals surface area contributed by atoms with Crippen LogP contribution in [0.15, 0.2) is 57.9 Å². The Morgan fingerprint density at radius 3 is 2.43 bits per heavy atom. The SMILES string of the molecule is CNC(c1ccc(OC)cc1)C(C)Sc1cccc(Br)c1. The monoisotopic (exact) mass is 365 g/mol. The summed E-state index contributed by atoms with van der Waals surface area (Å²) in [5.41, 5.74) is 1.27. The predicted molar refractivity (Wildman–Crippen MR) is 94.3 cm³/mol. The summed E-state index contributed by atoms with van der Waals surface area (Å²) in [5, 5.41) is 3.83. The first kappa shape index (κ1) is 16.4. The van der Waals surface area contributed by atoms with Gasteiger partial charge >= 0.3 is 0 Å². The molecule has 2 atom stereocenters. The average Bonchev–Trinajstić information content (AvgIpc) is 2.48. The van der Waals surface area contributed by atoms with Crippen LogP contribution in [0.25, 0.3) is 0 Å². The van der Waals surface area contributed by atoms with E-state index in [1.165, 1.54) is 10.5 Å². The van der Waals surface area contributed by atoms with Gasteiger partial charge in [0.25, 0.3) is 0 Å². The summed E-state index contributed by atoms with van der Waals surface area (Å²) in [5.74, 6) is 0.890. The molecule has 0 amide bonds. The molecule has 0 heterocycles. The van der Waals surface area contributed by atoms with Crippen molar-refractivity contribution in [2.45, 2.75) is 23.1 Å². The van der Waals surface area contributed by atoms with Gasteiger partial charge in [-0.15, -0.1) is 11.8 Å². The van der Waals surface area contributed by atoms with E-state index >= 15 is 0 Å². The first-order chi connectivity index (χ1) is 10.1. The summed E-state index contributed by atoms with van der Waals surface area (Å²) in [4.78, 5) is 1.27. The zero-order valence-corrected chi connectivity index (χ0v) is 14.9. The third kappa shape index (κ3) is 4.50. The van der Waals surface area contributed by atoms with E-state index in [4.69, 9.17) is 4.74 Å². The van der Waals surface area contributed by atoms with Crippen LogP contribution in [-0.2, 0) is 0 Å². The maximum atomic E-state index is 5.22. The Balaban J connectivity index is 2.12. The Morgan fingerprint density at radius 2 is 1.86 bits per heavy atom. The van der Waals surface area contributed by atoms with Crippen LogP contribution in [0.5, 0.6) is 5.75 Å². The van der Waals surface area contributed by atoms with E-state index in [0.29, 0.717) is 11.3 Å². The molecule has 2 aromatic carbocycles. The van der Waals surface area contributed by atoms with Gasteiger partial charge in [0.05, 0.1) is 7.11 Å². The van der Waals surface area contributed by atoms with Crippen molar-refractivity contribution in [3.8, 4) is 5.75 Å². The highest BCUT2D eigenvalue weighted by Gasteiger charge is 2.18. The molecule has 0 aliphatic carbocycles. The molecule has 0 aliphatic rings. The number of rotatable bonds is 6. The molecule has 2 nitrogen and oxygen atoms in total. The third-order valence-electron chi connectivity index (χ3n) is 3.37. The normalized spacial score (nSPS) is 13.7. The zero-order chi connectivity index (χ0) is 15.2. The lowest BCUT2D eigenvalue weighted by atomic mass is 10.0. The molecule has 0 fully saturated rings. The first-order valence-corrected chi connectivity index (χ1v) is 8.54. The van der Waals surface area contributed by atoms with E-state index in [-0.39, 0.29) is 0 Å². The maximum absolute atomic E-state index is 5.22. The van der Waals surface area contributed by atoms with E-state index < -0.39 is 0 Å². The second kappa shape index (κ2) is 7.87. The van der Waals surface area contributed by atoms with E-state index in [9.17, 15) is 0 Å². The minimum absolute atomic E-state index is 0.292. The molecule has 0 saturated heterocycles. The first-order valence-electron chi connectivity index (χ1n) is 6.87. The molecule has 0 bridgehead atoms. The van der Waals surface area contributed by atoms with Gasteiger partial charge in [-0.2, -0.15) is 0 Å². The lowest BCUT2D eigenvalue weighted by molar-refractivity contribution is 0.414. The molecule has 4 heteroatoms. The Bertz CT molecular complexity index is 573. The Morgan fingerprint density at radius 1 is 1.14 bits per heavy atom. The van der Waals surface area contributed by atoms with Crippen LogP contribution in [-0.4, -0.2) is 19.4 Å². The topological polar surface area (TPSA) is 21.3 Å². The van der Waals surface area contributed by atoms with Crippen molar-refractivity contribution >= 4 is 27.7 Å². The van der Waals surface area contributed by atoms with Crippen LogP contribution in [0, 0.1) is 0 Å². The minimum Gasteiger partial charge on any atom is -0.497 e. The van der Waals surface area contributed by atoms with Crippen LogP contribution in [0.2, 0.25) is 0 Å². The van der Waals surface area contributed by atoms with Crippen LogP contribution in [0.4, 0.5) is 0 Å². The summed E-state index contributed by atoms with van der Waals surface area (Å²) in [6, 6.07) is 17.0. The van der Waals surface area contributed by atoms with Crippen molar-refractivity contribution in [1.29, 1.82) is 0 Å². The number of nitrogens with one attached hydrogen (secondary N) is 1. The molecule has 0 aliphatic heterocycles. The molecule has 0 spiro atoms. The number of hydrogen-bond donors (Lipinski definition) is 1. The Kier molecular flexibility index (Phi) is 6.15. The highest BCUT2D eigenvalue weighted by molar-refractivity contribution is 9.10. The van der Waals surface area contributed by atoms with E-state index in [1.54, 1.807) is 7.11 Å². The summed E-state index contributed by atoms with van der Waals surface area (Å²) >= 11 is 5.40. The molecular weight excluding hydrogens is 346 g/mol. The van der Waals surface area contributed by atoms with Crippen molar-refractivity contribution in [2.24, 2.45) is 0 Å². The zero-order valence-electron chi connectivity index (χ0n) is 12.5. The van der Waals surface area contributed by atoms with Crippen molar-refractivity contribution in [3.05, 3.63) is 58.6 Å². The van der Waals surface area contributed by atoms with Gasteiger partial charge in [-0.1, -0.05) is 41.1 Å². The second-order valence-corrected chi connectivity index (χ2v) is 7.19. The summed E-state index contributed by atoms with van der Waals surface area (Å²) in [7, 11) is 3.70. The summed E-state index contributed by atoms with van der Waals surface area (Å²) in [6.45, 7) is 2.25. The summed E-state index contributed by atoms with van der Waals surface area (Å²) < 4.78 is 6.34. The fourth-order valence-electron chi connectivity index (χ4n) is 2.31. The van der Waals surface area contributed by atoms with E-state index in [2.05, 4.69) is 58.5 Å². The van der Waals surface area contributed by atoms with Crippen molar-refractivity contribution in [3.63, 3.8) is 0 Å². The van der Waals surface area contributed by atoms with Crippen LogP contribution < -0.4 is 10.1 Å². The number of benzene rings is 2. The smallest absolute Gasteiger partial charge is 0.118 e. The molecule has 2 unspecified atom stereocenters. The van der Waals surface area contributed by atoms with Gasteiger partial charge in [0.2, 0.25) is 0 Å². The molecule has 112 valence electrons. The Hall–Kier alpha value is -0.970. The van der Waals surface area contributed by atoms with Crippen molar-refractivity contribution in [1.82, 2.24) is 5.32 Å². The third-order valence-corrected chi connectivity index (χ3v) is 5.04. The van der Waals surface area contributed by atoms with Gasteiger partial charge < -0.3 is 10.1 Å². The van der Waals surface area contributed by atoms with E-state index in [1.807, 2.05) is 37.0 Å². The number of methoxy groups -OCH3 is 1. The molecule has 0 saturated carbocycles. The molecule has 21 heavy (non-hydrogen) atoms. The van der Waals surface area contributed by atoms with E-state index in [0.717, 1.165) is 10.2 Å². The van der Waals surface area contributed by atoms with Gasteiger partial charge in [-0.3, -0.25) is 0 Å². The highest BCUT2D eigenvalue weighted by atomic mass is 79.9. The van der Waals surface area contributed by atoms with Crippen LogP contribution >= 0.6 is 27.7 Å². The van der Waals surface area contributed by atoms with Crippen LogP contribution in [0.1, 0.15) is 18.5 Å². The van der Waals surface area contributed by atoms with Gasteiger partial charge in [-0.05, 0) is 42.9 Å². The number of thioether (sulfide) groups is 1. The Labute approximate surface area is 139 Å². The molecule has 0 aromatic heterocycles.